The Balaban J connectivity index is 1.75. The highest BCUT2D eigenvalue weighted by atomic mass is 32.2. The molecule has 24 heavy (non-hydrogen) atoms. The van der Waals surface area contributed by atoms with Crippen LogP contribution in [0.5, 0.6) is 0 Å². The lowest BCUT2D eigenvalue weighted by Crippen LogP contribution is -2.38. The van der Waals surface area contributed by atoms with Crippen LogP contribution < -0.4 is 5.32 Å². The van der Waals surface area contributed by atoms with Crippen molar-refractivity contribution in [2.45, 2.75) is 25.2 Å². The van der Waals surface area contributed by atoms with Gasteiger partial charge in [0.05, 0.1) is 11.5 Å². The molecule has 1 aliphatic rings. The molecule has 1 unspecified atom stereocenters. The maximum atomic E-state index is 12.4. The Morgan fingerprint density at radius 1 is 1.42 bits per heavy atom. The summed E-state index contributed by atoms with van der Waals surface area (Å²) in [4.78, 5) is 23.0. The number of aromatic nitrogens is 2. The third-order valence-corrected chi connectivity index (χ3v) is 4.95. The van der Waals surface area contributed by atoms with Gasteiger partial charge in [0.1, 0.15) is 6.54 Å². The fourth-order valence-corrected chi connectivity index (χ4v) is 3.78. The number of nitrogens with one attached hydrogen (secondary N) is 1. The predicted molar refractivity (Wildman–Crippen MR) is 73.4 cm³/mol. The van der Waals surface area contributed by atoms with Gasteiger partial charge in [-0.05, 0) is 12.5 Å². The van der Waals surface area contributed by atoms with E-state index in [-0.39, 0.29) is 17.9 Å². The molecule has 2 rings (SSSR count). The van der Waals surface area contributed by atoms with Crippen LogP contribution >= 0.6 is 0 Å². The second-order valence-corrected chi connectivity index (χ2v) is 7.45. The van der Waals surface area contributed by atoms with Crippen molar-refractivity contribution in [2.24, 2.45) is 0 Å². The number of hydrogen-bond donors (Lipinski definition) is 1. The molecule has 1 saturated heterocycles. The van der Waals surface area contributed by atoms with E-state index in [9.17, 15) is 31.2 Å². The first-order chi connectivity index (χ1) is 11.0. The van der Waals surface area contributed by atoms with Gasteiger partial charge in [-0.1, -0.05) is 0 Å². The summed E-state index contributed by atoms with van der Waals surface area (Å²) in [5, 5.41) is 5.58. The van der Waals surface area contributed by atoms with E-state index in [0.717, 1.165) is 10.9 Å². The van der Waals surface area contributed by atoms with E-state index in [1.54, 1.807) is 0 Å². The van der Waals surface area contributed by atoms with E-state index in [1.807, 2.05) is 0 Å². The molecule has 12 heteroatoms. The zero-order valence-corrected chi connectivity index (χ0v) is 13.1. The Kier molecular flexibility index (Phi) is 5.16. The van der Waals surface area contributed by atoms with Crippen molar-refractivity contribution >= 4 is 21.7 Å². The van der Waals surface area contributed by atoms with Crippen LogP contribution in [-0.4, -0.2) is 54.2 Å². The minimum atomic E-state index is -4.61. The van der Waals surface area contributed by atoms with Crippen molar-refractivity contribution in [3.8, 4) is 0 Å². The second kappa shape index (κ2) is 6.79. The number of amides is 1. The van der Waals surface area contributed by atoms with E-state index in [0.29, 0.717) is 6.07 Å². The highest BCUT2D eigenvalue weighted by molar-refractivity contribution is 7.91. The maximum absolute atomic E-state index is 12.4. The van der Waals surface area contributed by atoms with Gasteiger partial charge in [0.25, 0.3) is 5.91 Å². The Morgan fingerprint density at radius 3 is 2.67 bits per heavy atom. The van der Waals surface area contributed by atoms with Crippen LogP contribution in [0.15, 0.2) is 12.3 Å². The number of alkyl halides is 3. The molecule has 0 aromatic carbocycles. The Labute approximate surface area is 134 Å². The van der Waals surface area contributed by atoms with Gasteiger partial charge in [0.2, 0.25) is 0 Å². The Bertz CT molecular complexity index is 729. The molecule has 1 amide bonds. The summed E-state index contributed by atoms with van der Waals surface area (Å²) in [6.45, 7) is -1.23. The van der Waals surface area contributed by atoms with Crippen LogP contribution in [0.3, 0.4) is 0 Å². The van der Waals surface area contributed by atoms with Gasteiger partial charge in [0.15, 0.2) is 22.1 Å². The molecule has 8 nitrogen and oxygen atoms in total. The van der Waals surface area contributed by atoms with Crippen LogP contribution in [0.4, 0.5) is 13.2 Å². The number of rotatable bonds is 5. The number of hydrogen-bond acceptors (Lipinski definition) is 6. The van der Waals surface area contributed by atoms with Gasteiger partial charge in [-0.2, -0.15) is 18.3 Å². The lowest BCUT2D eigenvalue weighted by atomic mass is 10.2. The molecular weight excluding hydrogens is 355 g/mol. The SMILES string of the molecule is O=C(COC(=O)Cn1ccc(C(F)(F)F)n1)NC1CCS(=O)(=O)C1. The summed E-state index contributed by atoms with van der Waals surface area (Å²) in [7, 11) is -3.15. The summed E-state index contributed by atoms with van der Waals surface area (Å²) < 4.78 is 64.9. The van der Waals surface area contributed by atoms with Crippen LogP contribution in [-0.2, 0) is 36.9 Å². The predicted octanol–water partition coefficient (Wildman–Crippen LogP) is -0.252. The molecular formula is C12H14F3N3O5S. The van der Waals surface area contributed by atoms with Gasteiger partial charge in [-0.3, -0.25) is 14.3 Å². The summed E-state index contributed by atoms with van der Waals surface area (Å²) in [5.41, 5.74) is -1.14. The summed E-state index contributed by atoms with van der Waals surface area (Å²) in [6, 6.07) is 0.183. The normalized spacial score (nSPS) is 19.9. The third-order valence-electron chi connectivity index (χ3n) is 3.18. The Morgan fingerprint density at radius 2 is 2.12 bits per heavy atom. The van der Waals surface area contributed by atoms with Crippen molar-refractivity contribution < 1.29 is 35.9 Å². The molecule has 0 bridgehead atoms. The molecule has 134 valence electrons. The largest absolute Gasteiger partial charge is 0.454 e. The van der Waals surface area contributed by atoms with Gasteiger partial charge in [-0.15, -0.1) is 0 Å². The molecule has 1 N–H and O–H groups in total. The lowest BCUT2D eigenvalue weighted by molar-refractivity contribution is -0.150. The van der Waals surface area contributed by atoms with Gasteiger partial charge in [-0.25, -0.2) is 8.42 Å². The standard InChI is InChI=1S/C12H14F3N3O5S/c13-12(14,15)9-1-3-18(17-9)5-11(20)23-6-10(19)16-8-2-4-24(21,22)7-8/h1,3,8H,2,4-7H2,(H,16,19). The van der Waals surface area contributed by atoms with E-state index in [1.165, 1.54) is 0 Å². The fraction of sp³-hybridized carbons (Fsp3) is 0.583. The van der Waals surface area contributed by atoms with Crippen molar-refractivity contribution in [2.75, 3.05) is 18.1 Å². The zero-order valence-electron chi connectivity index (χ0n) is 12.2. The molecule has 1 aromatic heterocycles. The molecule has 1 fully saturated rings. The number of sulfone groups is 1. The molecule has 1 aliphatic heterocycles. The van der Waals surface area contributed by atoms with E-state index in [2.05, 4.69) is 15.2 Å². The zero-order chi connectivity index (χ0) is 18.0. The van der Waals surface area contributed by atoms with Crippen LogP contribution in [0.2, 0.25) is 0 Å². The number of esters is 1. The smallest absolute Gasteiger partial charge is 0.435 e. The summed E-state index contributed by atoms with van der Waals surface area (Å²) in [5.74, 6) is -1.80. The number of carbonyl (C=O) groups excluding carboxylic acids is 2. The summed E-state index contributed by atoms with van der Waals surface area (Å²) in [6.07, 6.45) is -3.36. The fourth-order valence-electron chi connectivity index (χ4n) is 2.10. The van der Waals surface area contributed by atoms with Gasteiger partial charge >= 0.3 is 12.1 Å². The van der Waals surface area contributed by atoms with Crippen molar-refractivity contribution in [1.82, 2.24) is 15.1 Å². The summed E-state index contributed by atoms with van der Waals surface area (Å²) >= 11 is 0. The number of nitrogens with zero attached hydrogens (tertiary/aromatic N) is 2. The van der Waals surface area contributed by atoms with Crippen LogP contribution in [0, 0.1) is 0 Å². The molecule has 0 aliphatic carbocycles. The van der Waals surface area contributed by atoms with Gasteiger partial charge < -0.3 is 10.1 Å². The first-order valence-electron chi connectivity index (χ1n) is 6.81. The maximum Gasteiger partial charge on any atom is 0.435 e. The van der Waals surface area contributed by atoms with Crippen molar-refractivity contribution in [3.63, 3.8) is 0 Å². The molecule has 0 spiro atoms. The van der Waals surface area contributed by atoms with Crippen molar-refractivity contribution in [3.05, 3.63) is 18.0 Å². The van der Waals surface area contributed by atoms with Crippen LogP contribution in [0.1, 0.15) is 12.1 Å². The highest BCUT2D eigenvalue weighted by Gasteiger charge is 2.33. The van der Waals surface area contributed by atoms with E-state index >= 15 is 0 Å². The van der Waals surface area contributed by atoms with E-state index in [4.69, 9.17) is 0 Å². The van der Waals surface area contributed by atoms with Crippen molar-refractivity contribution in [1.29, 1.82) is 0 Å². The molecule has 0 saturated carbocycles. The number of ether oxygens (including phenoxy) is 1. The first-order valence-corrected chi connectivity index (χ1v) is 8.63. The molecule has 2 heterocycles. The Hall–Kier alpha value is -2.11. The average Bonchev–Trinajstić information content (AvgIpc) is 3.03. The van der Waals surface area contributed by atoms with Gasteiger partial charge in [0, 0.05) is 12.2 Å². The molecule has 1 atom stereocenters. The number of carbonyl (C=O) groups is 2. The van der Waals surface area contributed by atoms with E-state index < -0.39 is 52.8 Å². The minimum Gasteiger partial charge on any atom is -0.454 e. The highest BCUT2D eigenvalue weighted by Crippen LogP contribution is 2.27. The second-order valence-electron chi connectivity index (χ2n) is 5.22. The average molecular weight is 369 g/mol. The first kappa shape index (κ1) is 18.2. The topological polar surface area (TPSA) is 107 Å². The minimum absolute atomic E-state index is 0.0153. The molecule has 1 aromatic rings. The quantitative estimate of drug-likeness (QED) is 0.717. The monoisotopic (exact) mass is 369 g/mol. The molecule has 0 radical (unpaired) electrons. The lowest BCUT2D eigenvalue weighted by Gasteiger charge is -2.11. The third kappa shape index (κ3) is 5.22. The van der Waals surface area contributed by atoms with Crippen LogP contribution in [0.25, 0.3) is 0 Å². The number of halogens is 3.